The summed E-state index contributed by atoms with van der Waals surface area (Å²) in [5, 5.41) is 4.99. The highest BCUT2D eigenvalue weighted by Gasteiger charge is 2.18. The van der Waals surface area contributed by atoms with Crippen LogP contribution in [0, 0.1) is 25.5 Å². The smallest absolute Gasteiger partial charge is 0.323 e. The summed E-state index contributed by atoms with van der Waals surface area (Å²) in [4.78, 5) is 23.1. The Morgan fingerprint density at radius 3 is 2.32 bits per heavy atom. The van der Waals surface area contributed by atoms with Crippen LogP contribution in [0.1, 0.15) is 24.2 Å². The predicted octanol–water partition coefficient (Wildman–Crippen LogP) is 3.62. The van der Waals surface area contributed by atoms with Crippen molar-refractivity contribution in [1.82, 2.24) is 9.97 Å². The van der Waals surface area contributed by atoms with Gasteiger partial charge in [0.05, 0.1) is 22.8 Å². The average molecular weight is 347 g/mol. The third-order valence-electron chi connectivity index (χ3n) is 4.07. The van der Waals surface area contributed by atoms with Gasteiger partial charge in [-0.1, -0.05) is 0 Å². The molecule has 0 radical (unpaired) electrons. The van der Waals surface area contributed by atoms with E-state index in [2.05, 4.69) is 25.5 Å². The number of carbonyl (C=O) groups is 1. The normalized spacial score (nSPS) is 13.8. The molecule has 0 aliphatic carbocycles. The van der Waals surface area contributed by atoms with Gasteiger partial charge in [0.15, 0.2) is 0 Å². The minimum absolute atomic E-state index is 0.108. The first kappa shape index (κ1) is 17.1. The van der Waals surface area contributed by atoms with Gasteiger partial charge < -0.3 is 15.5 Å². The number of aromatic nitrogens is 2. The first-order chi connectivity index (χ1) is 11.9. The van der Waals surface area contributed by atoms with E-state index >= 15 is 0 Å². The Hall–Kier alpha value is -2.77. The number of halogens is 2. The molecule has 1 aromatic carbocycles. The molecule has 3 rings (SSSR count). The van der Waals surface area contributed by atoms with Crippen molar-refractivity contribution in [1.29, 1.82) is 0 Å². The Labute approximate surface area is 144 Å². The summed E-state index contributed by atoms with van der Waals surface area (Å²) in [6, 6.07) is 2.30. The predicted molar refractivity (Wildman–Crippen MR) is 92.0 cm³/mol. The number of carbonyl (C=O) groups excluding carboxylic acids is 1. The van der Waals surface area contributed by atoms with Gasteiger partial charge in [0.1, 0.15) is 11.6 Å². The van der Waals surface area contributed by atoms with Crippen molar-refractivity contribution in [3.8, 4) is 0 Å². The molecular formula is C17H19F2N5O. The number of hydrogen-bond acceptors (Lipinski definition) is 4. The Morgan fingerprint density at radius 2 is 1.72 bits per heavy atom. The van der Waals surface area contributed by atoms with E-state index in [1.165, 1.54) is 0 Å². The van der Waals surface area contributed by atoms with Gasteiger partial charge in [0, 0.05) is 19.2 Å². The van der Waals surface area contributed by atoms with Crippen molar-refractivity contribution in [2.45, 2.75) is 26.7 Å². The van der Waals surface area contributed by atoms with E-state index in [-0.39, 0.29) is 5.69 Å². The molecule has 2 heterocycles. The van der Waals surface area contributed by atoms with Crippen LogP contribution in [0.5, 0.6) is 0 Å². The molecule has 132 valence electrons. The fraction of sp³-hybridized carbons (Fsp3) is 0.353. The van der Waals surface area contributed by atoms with E-state index in [0.29, 0.717) is 29.1 Å². The number of amides is 2. The molecule has 1 aliphatic rings. The second-order valence-electron chi connectivity index (χ2n) is 5.97. The average Bonchev–Trinajstić information content (AvgIpc) is 3.08. The second kappa shape index (κ2) is 7.00. The summed E-state index contributed by atoms with van der Waals surface area (Å²) in [6.45, 7) is 5.41. The molecule has 1 fully saturated rings. The van der Waals surface area contributed by atoms with Crippen molar-refractivity contribution >= 4 is 23.4 Å². The molecule has 0 atom stereocenters. The minimum Gasteiger partial charge on any atom is -0.341 e. The van der Waals surface area contributed by atoms with Gasteiger partial charge in [-0.25, -0.2) is 23.5 Å². The molecule has 0 spiro atoms. The zero-order valence-electron chi connectivity index (χ0n) is 14.1. The summed E-state index contributed by atoms with van der Waals surface area (Å²) in [5.41, 5.74) is 1.63. The highest BCUT2D eigenvalue weighted by Crippen LogP contribution is 2.23. The van der Waals surface area contributed by atoms with Gasteiger partial charge in [0.2, 0.25) is 5.95 Å². The van der Waals surface area contributed by atoms with Crippen LogP contribution < -0.4 is 15.5 Å². The zero-order valence-corrected chi connectivity index (χ0v) is 14.1. The third-order valence-corrected chi connectivity index (χ3v) is 4.07. The molecule has 1 aromatic heterocycles. The molecule has 1 aliphatic heterocycles. The standard InChI is InChI=1S/C17H19F2N5O/c1-10-15(11(2)21-16(20-10)24-7-3-4-8-24)23-17(25)22-14-6-5-12(18)9-13(14)19/h5-6,9H,3-4,7-8H2,1-2H3,(H2,22,23,25). The lowest BCUT2D eigenvalue weighted by atomic mass is 10.2. The lowest BCUT2D eigenvalue weighted by molar-refractivity contribution is 0.262. The van der Waals surface area contributed by atoms with Crippen LogP contribution in [0.15, 0.2) is 18.2 Å². The van der Waals surface area contributed by atoms with E-state index in [1.807, 2.05) is 0 Å². The highest BCUT2D eigenvalue weighted by atomic mass is 19.1. The lowest BCUT2D eigenvalue weighted by Gasteiger charge is -2.18. The summed E-state index contributed by atoms with van der Waals surface area (Å²) in [5.74, 6) is -0.895. The Kier molecular flexibility index (Phi) is 4.78. The molecule has 0 unspecified atom stereocenters. The molecule has 0 bridgehead atoms. The van der Waals surface area contributed by atoms with Gasteiger partial charge in [0.25, 0.3) is 0 Å². The van der Waals surface area contributed by atoms with Crippen LogP contribution in [0.3, 0.4) is 0 Å². The molecule has 2 amide bonds. The summed E-state index contributed by atoms with van der Waals surface area (Å²) in [6.07, 6.45) is 2.24. The molecule has 8 heteroatoms. The largest absolute Gasteiger partial charge is 0.341 e. The fourth-order valence-electron chi connectivity index (χ4n) is 2.80. The number of hydrogen-bond donors (Lipinski definition) is 2. The second-order valence-corrected chi connectivity index (χ2v) is 5.97. The monoisotopic (exact) mass is 347 g/mol. The number of nitrogens with zero attached hydrogens (tertiary/aromatic N) is 3. The first-order valence-corrected chi connectivity index (χ1v) is 8.07. The molecule has 6 nitrogen and oxygen atoms in total. The Balaban J connectivity index is 1.74. The molecule has 2 aromatic rings. The van der Waals surface area contributed by atoms with E-state index < -0.39 is 17.7 Å². The maximum absolute atomic E-state index is 13.6. The number of rotatable bonds is 3. The number of nitrogens with one attached hydrogen (secondary N) is 2. The molecule has 1 saturated heterocycles. The Bertz CT molecular complexity index is 783. The van der Waals surface area contributed by atoms with Crippen LogP contribution in [-0.2, 0) is 0 Å². The summed E-state index contributed by atoms with van der Waals surface area (Å²) in [7, 11) is 0. The number of urea groups is 1. The van der Waals surface area contributed by atoms with Crippen LogP contribution in [0.2, 0.25) is 0 Å². The number of benzene rings is 1. The van der Waals surface area contributed by atoms with E-state index in [0.717, 1.165) is 38.1 Å². The van der Waals surface area contributed by atoms with Crippen molar-refractivity contribution in [2.75, 3.05) is 28.6 Å². The summed E-state index contributed by atoms with van der Waals surface area (Å²) >= 11 is 0. The molecular weight excluding hydrogens is 328 g/mol. The van der Waals surface area contributed by atoms with Gasteiger partial charge >= 0.3 is 6.03 Å². The van der Waals surface area contributed by atoms with Crippen molar-refractivity contribution in [3.63, 3.8) is 0 Å². The van der Waals surface area contributed by atoms with Crippen LogP contribution in [-0.4, -0.2) is 29.1 Å². The molecule has 0 saturated carbocycles. The first-order valence-electron chi connectivity index (χ1n) is 8.07. The quantitative estimate of drug-likeness (QED) is 0.890. The van der Waals surface area contributed by atoms with Gasteiger partial charge in [-0.05, 0) is 38.8 Å². The lowest BCUT2D eigenvalue weighted by Crippen LogP contribution is -2.24. The maximum atomic E-state index is 13.6. The number of anilines is 3. The maximum Gasteiger partial charge on any atom is 0.323 e. The third kappa shape index (κ3) is 3.84. The molecule has 25 heavy (non-hydrogen) atoms. The van der Waals surface area contributed by atoms with E-state index in [4.69, 9.17) is 0 Å². The number of aryl methyl sites for hydroxylation is 2. The summed E-state index contributed by atoms with van der Waals surface area (Å²) < 4.78 is 26.5. The highest BCUT2D eigenvalue weighted by molar-refractivity contribution is 6.00. The van der Waals surface area contributed by atoms with Gasteiger partial charge in [-0.2, -0.15) is 0 Å². The van der Waals surface area contributed by atoms with Crippen molar-refractivity contribution in [2.24, 2.45) is 0 Å². The fourth-order valence-corrected chi connectivity index (χ4v) is 2.80. The minimum atomic E-state index is -0.843. The molecule has 2 N–H and O–H groups in total. The van der Waals surface area contributed by atoms with Crippen LogP contribution >= 0.6 is 0 Å². The van der Waals surface area contributed by atoms with E-state index in [9.17, 15) is 13.6 Å². The van der Waals surface area contributed by atoms with Crippen molar-refractivity contribution < 1.29 is 13.6 Å². The van der Waals surface area contributed by atoms with Gasteiger partial charge in [-0.15, -0.1) is 0 Å². The van der Waals surface area contributed by atoms with Crippen molar-refractivity contribution in [3.05, 3.63) is 41.2 Å². The SMILES string of the molecule is Cc1nc(N2CCCC2)nc(C)c1NC(=O)Nc1ccc(F)cc1F. The van der Waals surface area contributed by atoms with E-state index in [1.54, 1.807) is 13.8 Å². The topological polar surface area (TPSA) is 70.2 Å². The van der Waals surface area contributed by atoms with Gasteiger partial charge in [-0.3, -0.25) is 0 Å². The van der Waals surface area contributed by atoms with Crippen LogP contribution in [0.4, 0.5) is 30.9 Å². The Morgan fingerprint density at radius 1 is 1.08 bits per heavy atom. The van der Waals surface area contributed by atoms with Crippen LogP contribution in [0.25, 0.3) is 0 Å². The zero-order chi connectivity index (χ0) is 18.0.